The first kappa shape index (κ1) is 18.9. The molecule has 0 N–H and O–H groups in total. The number of rotatable bonds is 6. The van der Waals surface area contributed by atoms with Gasteiger partial charge in [-0.05, 0) is 32.5 Å². The Morgan fingerprint density at radius 1 is 1.43 bits per heavy atom. The summed E-state index contributed by atoms with van der Waals surface area (Å²) in [6.45, 7) is 8.30. The van der Waals surface area contributed by atoms with Gasteiger partial charge in [0.25, 0.3) is 0 Å². The minimum absolute atomic E-state index is 0.0553. The molecule has 0 saturated carbocycles. The molecule has 0 aliphatic heterocycles. The van der Waals surface area contributed by atoms with E-state index in [4.69, 9.17) is 5.26 Å². The van der Waals surface area contributed by atoms with Crippen LogP contribution in [-0.2, 0) is 0 Å². The molecule has 0 radical (unpaired) electrons. The van der Waals surface area contributed by atoms with Crippen LogP contribution in [0.3, 0.4) is 0 Å². The predicted molar refractivity (Wildman–Crippen MR) is 95.4 cm³/mol. The minimum Gasteiger partial charge on any atom is -0.291 e. The van der Waals surface area contributed by atoms with Gasteiger partial charge in [0.15, 0.2) is 0 Å². The van der Waals surface area contributed by atoms with Crippen molar-refractivity contribution in [1.82, 2.24) is 4.90 Å². The number of allylic oxidation sites excluding steroid dienone is 5. The summed E-state index contributed by atoms with van der Waals surface area (Å²) in [7, 11) is 2.09. The standard InChI is InChI=1S/C20H27N3/c1-6-9-18(12-7-10-16(2)14-21)23(5)19-17(15-22)11-8-13-20(19,3)4/h7-8,10-13,18-19H,6,9H2,1-5H3/b12-7-,16-10+/t18-,19?/m0/s1. The van der Waals surface area contributed by atoms with Crippen LogP contribution in [0, 0.1) is 28.1 Å². The van der Waals surface area contributed by atoms with E-state index in [1.165, 1.54) is 0 Å². The van der Waals surface area contributed by atoms with Crippen LogP contribution in [0.4, 0.5) is 0 Å². The maximum Gasteiger partial charge on any atom is 0.0964 e. The van der Waals surface area contributed by atoms with Crippen molar-refractivity contribution in [3.8, 4) is 12.1 Å². The number of hydrogen-bond acceptors (Lipinski definition) is 3. The summed E-state index contributed by atoms with van der Waals surface area (Å²) < 4.78 is 0. The molecule has 0 fully saturated rings. The Balaban J connectivity index is 3.07. The number of hydrogen-bond donors (Lipinski definition) is 0. The molecule has 0 saturated heterocycles. The summed E-state index contributed by atoms with van der Waals surface area (Å²) in [5, 5.41) is 18.3. The molecule has 0 aromatic rings. The maximum atomic E-state index is 9.49. The molecule has 122 valence electrons. The van der Waals surface area contributed by atoms with E-state index in [0.717, 1.165) is 18.4 Å². The fraction of sp³-hybridized carbons (Fsp3) is 0.500. The van der Waals surface area contributed by atoms with E-state index in [9.17, 15) is 5.26 Å². The van der Waals surface area contributed by atoms with E-state index < -0.39 is 0 Å². The van der Waals surface area contributed by atoms with E-state index in [0.29, 0.717) is 5.57 Å². The molecule has 2 atom stereocenters. The minimum atomic E-state index is -0.0905. The largest absolute Gasteiger partial charge is 0.291 e. The highest BCUT2D eigenvalue weighted by Gasteiger charge is 2.37. The van der Waals surface area contributed by atoms with Crippen molar-refractivity contribution in [2.24, 2.45) is 5.41 Å². The summed E-state index contributed by atoms with van der Waals surface area (Å²) in [6.07, 6.45) is 14.1. The lowest BCUT2D eigenvalue weighted by Crippen LogP contribution is -2.48. The second-order valence-corrected chi connectivity index (χ2v) is 6.68. The molecule has 0 heterocycles. The highest BCUT2D eigenvalue weighted by molar-refractivity contribution is 5.38. The number of nitriles is 2. The Hall–Kier alpha value is -2.10. The van der Waals surface area contributed by atoms with Crippen molar-refractivity contribution in [1.29, 1.82) is 10.5 Å². The average Bonchev–Trinajstić information content (AvgIpc) is 2.52. The third-order valence-electron chi connectivity index (χ3n) is 4.30. The predicted octanol–water partition coefficient (Wildman–Crippen LogP) is 4.53. The lowest BCUT2D eigenvalue weighted by molar-refractivity contribution is 0.143. The zero-order chi connectivity index (χ0) is 17.5. The van der Waals surface area contributed by atoms with Gasteiger partial charge in [-0.3, -0.25) is 4.90 Å². The first-order valence-corrected chi connectivity index (χ1v) is 8.14. The third kappa shape index (κ3) is 4.95. The van der Waals surface area contributed by atoms with Gasteiger partial charge in [0.1, 0.15) is 0 Å². The van der Waals surface area contributed by atoms with E-state index >= 15 is 0 Å². The van der Waals surface area contributed by atoms with Crippen molar-refractivity contribution in [2.45, 2.75) is 52.6 Å². The van der Waals surface area contributed by atoms with Crippen LogP contribution in [0.25, 0.3) is 0 Å². The normalized spacial score (nSPS) is 21.8. The number of likely N-dealkylation sites (N-methyl/N-ethyl adjacent to an activating group) is 1. The molecule has 3 nitrogen and oxygen atoms in total. The monoisotopic (exact) mass is 309 g/mol. The molecule has 0 aromatic carbocycles. The molecule has 0 amide bonds. The van der Waals surface area contributed by atoms with Crippen LogP contribution >= 0.6 is 0 Å². The lowest BCUT2D eigenvalue weighted by atomic mass is 9.76. The van der Waals surface area contributed by atoms with E-state index in [-0.39, 0.29) is 17.5 Å². The SMILES string of the molecule is CCC[C@@H](/C=C\C=C(/C)C#N)N(C)C1C(C#N)=CC=CC1(C)C. The van der Waals surface area contributed by atoms with Crippen LogP contribution < -0.4 is 0 Å². The summed E-state index contributed by atoms with van der Waals surface area (Å²) in [6, 6.07) is 4.77. The van der Waals surface area contributed by atoms with Gasteiger partial charge >= 0.3 is 0 Å². The first-order valence-electron chi connectivity index (χ1n) is 8.14. The van der Waals surface area contributed by atoms with Crippen LogP contribution in [0.2, 0.25) is 0 Å². The molecule has 1 rings (SSSR count). The maximum absolute atomic E-state index is 9.49. The fourth-order valence-electron chi connectivity index (χ4n) is 3.11. The van der Waals surface area contributed by atoms with Crippen LogP contribution in [0.15, 0.2) is 47.6 Å². The molecule has 0 aromatic heterocycles. The molecule has 1 aliphatic carbocycles. The Kier molecular flexibility index (Phi) is 7.01. The highest BCUT2D eigenvalue weighted by atomic mass is 15.2. The zero-order valence-electron chi connectivity index (χ0n) is 14.9. The van der Waals surface area contributed by atoms with Crippen molar-refractivity contribution in [2.75, 3.05) is 7.05 Å². The lowest BCUT2D eigenvalue weighted by Gasteiger charge is -2.43. The van der Waals surface area contributed by atoms with Crippen molar-refractivity contribution < 1.29 is 0 Å². The molecule has 0 spiro atoms. The van der Waals surface area contributed by atoms with Gasteiger partial charge < -0.3 is 0 Å². The Morgan fingerprint density at radius 2 is 2.13 bits per heavy atom. The Bertz CT molecular complexity index is 606. The highest BCUT2D eigenvalue weighted by Crippen LogP contribution is 2.35. The third-order valence-corrected chi connectivity index (χ3v) is 4.30. The summed E-state index contributed by atoms with van der Waals surface area (Å²) in [5.41, 5.74) is 1.41. The van der Waals surface area contributed by atoms with Crippen molar-refractivity contribution >= 4 is 0 Å². The van der Waals surface area contributed by atoms with E-state index in [1.807, 2.05) is 24.3 Å². The van der Waals surface area contributed by atoms with Gasteiger partial charge in [-0.1, -0.05) is 51.5 Å². The molecular formula is C20H27N3. The fourth-order valence-corrected chi connectivity index (χ4v) is 3.11. The van der Waals surface area contributed by atoms with Gasteiger partial charge in [-0.2, -0.15) is 10.5 Å². The smallest absolute Gasteiger partial charge is 0.0964 e. The number of nitrogens with zero attached hydrogens (tertiary/aromatic N) is 3. The second-order valence-electron chi connectivity index (χ2n) is 6.68. The molecule has 3 heteroatoms. The van der Waals surface area contributed by atoms with Gasteiger partial charge in [0.05, 0.1) is 18.2 Å². The summed E-state index contributed by atoms with van der Waals surface area (Å²) in [5.74, 6) is 0. The van der Waals surface area contributed by atoms with Gasteiger partial charge in [-0.15, -0.1) is 0 Å². The second kappa shape index (κ2) is 8.51. The molecule has 1 unspecified atom stereocenters. The van der Waals surface area contributed by atoms with E-state index in [1.54, 1.807) is 6.92 Å². The zero-order valence-corrected chi connectivity index (χ0v) is 14.9. The molecule has 23 heavy (non-hydrogen) atoms. The van der Waals surface area contributed by atoms with Gasteiger partial charge in [0, 0.05) is 22.6 Å². The quantitative estimate of drug-likeness (QED) is 0.535. The molecular weight excluding hydrogens is 282 g/mol. The summed E-state index contributed by atoms with van der Waals surface area (Å²) >= 11 is 0. The van der Waals surface area contributed by atoms with Crippen LogP contribution in [0.1, 0.15) is 40.5 Å². The van der Waals surface area contributed by atoms with E-state index in [2.05, 4.69) is 57.0 Å². The van der Waals surface area contributed by atoms with Crippen molar-refractivity contribution in [3.05, 3.63) is 47.6 Å². The molecule has 1 aliphatic rings. The Morgan fingerprint density at radius 3 is 2.70 bits per heavy atom. The van der Waals surface area contributed by atoms with Crippen molar-refractivity contribution in [3.63, 3.8) is 0 Å². The van der Waals surface area contributed by atoms with Crippen LogP contribution in [-0.4, -0.2) is 24.0 Å². The van der Waals surface area contributed by atoms with Gasteiger partial charge in [0.2, 0.25) is 0 Å². The average molecular weight is 309 g/mol. The Labute approximate surface area is 140 Å². The van der Waals surface area contributed by atoms with Crippen LogP contribution in [0.5, 0.6) is 0 Å². The topological polar surface area (TPSA) is 50.8 Å². The molecule has 0 bridgehead atoms. The first-order chi connectivity index (χ1) is 10.9. The summed E-state index contributed by atoms with van der Waals surface area (Å²) in [4.78, 5) is 2.29. The van der Waals surface area contributed by atoms with Gasteiger partial charge in [-0.25, -0.2) is 0 Å².